The van der Waals surface area contributed by atoms with Crippen molar-refractivity contribution in [3.63, 3.8) is 0 Å². The molecule has 3 aliphatic rings. The molecule has 0 radical (unpaired) electrons. The second-order valence-electron chi connectivity index (χ2n) is 7.81. The first kappa shape index (κ1) is 17.3. The quantitative estimate of drug-likeness (QED) is 0.734. The lowest BCUT2D eigenvalue weighted by Gasteiger charge is -2.42. The van der Waals surface area contributed by atoms with E-state index >= 15 is 0 Å². The van der Waals surface area contributed by atoms with E-state index in [2.05, 4.69) is 20.9 Å². The van der Waals surface area contributed by atoms with Gasteiger partial charge in [0.2, 0.25) is 5.89 Å². The fraction of sp³-hybridized carbons (Fsp3) is 0.579. The number of fused-ring (bicyclic) bond motifs is 4. The molecule has 5 rings (SSSR count). The molecule has 1 saturated carbocycles. The molecule has 3 N–H and O–H groups in total. The fourth-order valence-corrected chi connectivity index (χ4v) is 4.99. The molecule has 1 aliphatic carbocycles. The Hall–Kier alpha value is -1.83. The van der Waals surface area contributed by atoms with Crippen molar-refractivity contribution in [2.75, 3.05) is 31.5 Å². The second kappa shape index (κ2) is 6.65. The molecule has 1 aromatic heterocycles. The van der Waals surface area contributed by atoms with Crippen LogP contribution in [0, 0.1) is 0 Å². The van der Waals surface area contributed by atoms with Crippen molar-refractivity contribution in [2.45, 2.75) is 44.2 Å². The van der Waals surface area contributed by atoms with Gasteiger partial charge >= 0.3 is 6.03 Å². The average Bonchev–Trinajstić information content (AvgIpc) is 3.05. The van der Waals surface area contributed by atoms with Gasteiger partial charge in [-0.15, -0.1) is 0 Å². The monoisotopic (exact) mass is 389 g/mol. The number of piperazine rings is 1. The second-order valence-corrected chi connectivity index (χ2v) is 8.22. The predicted molar refractivity (Wildman–Crippen MR) is 104 cm³/mol. The number of oxazole rings is 1. The Morgan fingerprint density at radius 3 is 2.78 bits per heavy atom. The van der Waals surface area contributed by atoms with E-state index in [4.69, 9.17) is 21.0 Å². The lowest BCUT2D eigenvalue weighted by atomic mass is 9.74. The van der Waals surface area contributed by atoms with Crippen LogP contribution in [0.5, 0.6) is 0 Å². The van der Waals surface area contributed by atoms with E-state index in [0.29, 0.717) is 23.1 Å². The molecule has 1 aromatic carbocycles. The van der Waals surface area contributed by atoms with Gasteiger partial charge in [-0.05, 0) is 18.9 Å². The molecule has 0 bridgehead atoms. The molecule has 27 heavy (non-hydrogen) atoms. The van der Waals surface area contributed by atoms with Crippen LogP contribution in [-0.2, 0) is 12.1 Å². The summed E-state index contributed by atoms with van der Waals surface area (Å²) in [7, 11) is 0. The Morgan fingerprint density at radius 2 is 2.00 bits per heavy atom. The minimum atomic E-state index is -0.412. The number of hydrogen-bond donors (Lipinski definition) is 3. The molecule has 0 atom stereocenters. The van der Waals surface area contributed by atoms with E-state index in [1.165, 1.54) is 6.42 Å². The van der Waals surface area contributed by atoms with Crippen molar-refractivity contribution in [2.24, 2.45) is 0 Å². The predicted octanol–water partition coefficient (Wildman–Crippen LogP) is 3.18. The highest BCUT2D eigenvalue weighted by Gasteiger charge is 2.44. The normalized spacial score (nSPS) is 22.5. The minimum absolute atomic E-state index is 0.189. The van der Waals surface area contributed by atoms with Crippen LogP contribution in [0.25, 0.3) is 11.1 Å². The van der Waals surface area contributed by atoms with Gasteiger partial charge in [-0.1, -0.05) is 30.9 Å². The maximum Gasteiger partial charge on any atom is 0.319 e. The van der Waals surface area contributed by atoms with Crippen LogP contribution >= 0.6 is 11.6 Å². The van der Waals surface area contributed by atoms with Gasteiger partial charge < -0.3 is 20.4 Å². The average molecular weight is 390 g/mol. The van der Waals surface area contributed by atoms with Gasteiger partial charge in [0.15, 0.2) is 5.58 Å². The van der Waals surface area contributed by atoms with Crippen molar-refractivity contribution in [3.05, 3.63) is 22.5 Å². The molecule has 1 spiro atoms. The number of anilines is 1. The summed E-state index contributed by atoms with van der Waals surface area (Å²) in [5.74, 6) is 0.708. The van der Waals surface area contributed by atoms with Gasteiger partial charge in [0.1, 0.15) is 5.52 Å². The van der Waals surface area contributed by atoms with E-state index in [9.17, 15) is 4.79 Å². The highest BCUT2D eigenvalue weighted by atomic mass is 35.5. The summed E-state index contributed by atoms with van der Waals surface area (Å²) in [6, 6.07) is 1.62. The number of carbonyl (C=O) groups is 1. The zero-order valence-corrected chi connectivity index (χ0v) is 16.0. The Bertz CT molecular complexity index is 884. The number of rotatable bonds is 2. The topological polar surface area (TPSA) is 82.4 Å². The van der Waals surface area contributed by atoms with E-state index in [1.807, 2.05) is 6.07 Å². The van der Waals surface area contributed by atoms with Gasteiger partial charge in [0.05, 0.1) is 22.8 Å². The third kappa shape index (κ3) is 2.98. The number of halogens is 1. The first-order valence-electron chi connectivity index (χ1n) is 9.79. The lowest BCUT2D eigenvalue weighted by Crippen LogP contribution is -2.52. The highest BCUT2D eigenvalue weighted by Crippen LogP contribution is 2.48. The summed E-state index contributed by atoms with van der Waals surface area (Å²) in [6.45, 7) is 4.63. The number of nitrogens with zero attached hydrogens (tertiary/aromatic N) is 2. The van der Waals surface area contributed by atoms with Crippen LogP contribution < -0.4 is 16.0 Å². The van der Waals surface area contributed by atoms with Crippen molar-refractivity contribution in [1.82, 2.24) is 20.5 Å². The smallest absolute Gasteiger partial charge is 0.319 e. The molecule has 8 heteroatoms. The fourth-order valence-electron chi connectivity index (χ4n) is 4.74. The molecule has 1 saturated heterocycles. The van der Waals surface area contributed by atoms with Crippen LogP contribution in [0.1, 0.15) is 43.6 Å². The number of urea groups is 1. The summed E-state index contributed by atoms with van der Waals surface area (Å²) in [5.41, 5.74) is 2.77. The maximum atomic E-state index is 12.3. The molecule has 144 valence electrons. The molecule has 0 unspecified atom stereocenters. The number of amides is 2. The van der Waals surface area contributed by atoms with Gasteiger partial charge in [-0.3, -0.25) is 4.90 Å². The molecule has 2 aromatic rings. The highest BCUT2D eigenvalue weighted by molar-refractivity contribution is 6.35. The Balaban J connectivity index is 1.61. The number of nitrogens with one attached hydrogen (secondary N) is 3. The van der Waals surface area contributed by atoms with Crippen molar-refractivity contribution in [3.8, 4) is 0 Å². The first-order chi connectivity index (χ1) is 13.1. The molecule has 7 nitrogen and oxygen atoms in total. The number of benzene rings is 1. The van der Waals surface area contributed by atoms with Crippen molar-refractivity contribution >= 4 is 34.4 Å². The maximum absolute atomic E-state index is 12.3. The molecule has 2 aliphatic heterocycles. The van der Waals surface area contributed by atoms with Crippen molar-refractivity contribution < 1.29 is 9.21 Å². The van der Waals surface area contributed by atoms with Gasteiger partial charge in [0.25, 0.3) is 0 Å². The van der Waals surface area contributed by atoms with Gasteiger partial charge in [-0.2, -0.15) is 0 Å². The Kier molecular flexibility index (Phi) is 4.26. The number of aromatic nitrogens is 1. The summed E-state index contributed by atoms with van der Waals surface area (Å²) in [5, 5.41) is 9.96. The number of hydrogen-bond acceptors (Lipinski definition) is 5. The van der Waals surface area contributed by atoms with E-state index in [1.54, 1.807) is 0 Å². The summed E-state index contributed by atoms with van der Waals surface area (Å²) in [4.78, 5) is 19.4. The standard InChI is InChI=1S/C19H24ClN5O2/c20-12-10-13-17(27-14(22-13)11-25-8-6-21-7-9-25)15-16(12)23-18(26)24-19(15)4-2-1-3-5-19/h10,21H,1-9,11H2,(H2,23,24,26). The van der Waals surface area contributed by atoms with E-state index in [0.717, 1.165) is 68.5 Å². The van der Waals surface area contributed by atoms with Gasteiger partial charge in [0, 0.05) is 31.7 Å². The SMILES string of the molecule is O=C1Nc2c(Cl)cc3nc(CN4CCNCC4)oc3c2C2(CCCCC2)N1. The van der Waals surface area contributed by atoms with Crippen LogP contribution in [0.3, 0.4) is 0 Å². The largest absolute Gasteiger partial charge is 0.439 e. The summed E-state index contributed by atoms with van der Waals surface area (Å²) in [6.07, 6.45) is 5.15. The van der Waals surface area contributed by atoms with Crippen LogP contribution in [0.2, 0.25) is 5.02 Å². The zero-order valence-electron chi connectivity index (χ0n) is 15.2. The first-order valence-corrected chi connectivity index (χ1v) is 10.2. The van der Waals surface area contributed by atoms with Crippen LogP contribution in [-0.4, -0.2) is 42.1 Å². The molecular weight excluding hydrogens is 366 g/mol. The van der Waals surface area contributed by atoms with E-state index in [-0.39, 0.29) is 6.03 Å². The minimum Gasteiger partial charge on any atom is -0.439 e. The van der Waals surface area contributed by atoms with Crippen LogP contribution in [0.4, 0.5) is 10.5 Å². The molecular formula is C19H24ClN5O2. The lowest BCUT2D eigenvalue weighted by molar-refractivity contribution is 0.206. The Labute approximate surface area is 162 Å². The van der Waals surface area contributed by atoms with Crippen LogP contribution in [0.15, 0.2) is 10.5 Å². The summed E-state index contributed by atoms with van der Waals surface area (Å²) < 4.78 is 6.26. The number of carbonyl (C=O) groups excluding carboxylic acids is 1. The molecule has 2 fully saturated rings. The summed E-state index contributed by atoms with van der Waals surface area (Å²) >= 11 is 6.55. The third-order valence-electron chi connectivity index (χ3n) is 6.02. The molecule has 3 heterocycles. The van der Waals surface area contributed by atoms with Gasteiger partial charge in [-0.25, -0.2) is 9.78 Å². The zero-order chi connectivity index (χ0) is 18.4. The van der Waals surface area contributed by atoms with Crippen molar-refractivity contribution in [1.29, 1.82) is 0 Å². The third-order valence-corrected chi connectivity index (χ3v) is 6.32. The Morgan fingerprint density at radius 1 is 1.22 bits per heavy atom. The van der Waals surface area contributed by atoms with E-state index < -0.39 is 5.54 Å². The molecule has 2 amide bonds.